The zero-order valence-corrected chi connectivity index (χ0v) is 17.7. The van der Waals surface area contributed by atoms with Crippen molar-refractivity contribution in [1.29, 1.82) is 5.26 Å². The fourth-order valence-corrected chi connectivity index (χ4v) is 5.22. The van der Waals surface area contributed by atoms with Gasteiger partial charge in [-0.2, -0.15) is 5.26 Å². The summed E-state index contributed by atoms with van der Waals surface area (Å²) >= 11 is 0. The number of likely N-dealkylation sites (tertiary alicyclic amines) is 1. The van der Waals surface area contributed by atoms with Crippen molar-refractivity contribution in [3.8, 4) is 6.07 Å². The first-order valence-electron chi connectivity index (χ1n) is 10.3. The van der Waals surface area contributed by atoms with E-state index in [1.54, 1.807) is 18.2 Å². The lowest BCUT2D eigenvalue weighted by Crippen LogP contribution is -2.32. The molecule has 0 saturated carbocycles. The van der Waals surface area contributed by atoms with E-state index in [1.807, 2.05) is 36.5 Å². The average molecular weight is 420 g/mol. The smallest absolute Gasteiger partial charge is 0.216 e. The summed E-state index contributed by atoms with van der Waals surface area (Å²) in [5.41, 5.74) is 1.80. The van der Waals surface area contributed by atoms with Crippen LogP contribution in [-0.4, -0.2) is 37.5 Å². The van der Waals surface area contributed by atoms with Crippen molar-refractivity contribution in [3.63, 3.8) is 0 Å². The first-order valence-corrected chi connectivity index (χ1v) is 11.8. The molecule has 1 fully saturated rings. The largest absolute Gasteiger partial charge is 0.346 e. The van der Waals surface area contributed by atoms with Crippen molar-refractivity contribution in [1.82, 2.24) is 9.47 Å². The molecule has 154 valence electrons. The minimum Gasteiger partial charge on any atom is -0.346 e. The van der Waals surface area contributed by atoms with Crippen LogP contribution in [0.25, 0.3) is 17.0 Å². The maximum atomic E-state index is 12.9. The number of para-hydroxylation sites is 1. The summed E-state index contributed by atoms with van der Waals surface area (Å²) in [5.74, 6) is 0. The molecule has 1 aromatic heterocycles. The maximum Gasteiger partial charge on any atom is 0.216 e. The molecule has 0 N–H and O–H groups in total. The van der Waals surface area contributed by atoms with Crippen LogP contribution >= 0.6 is 0 Å². The van der Waals surface area contributed by atoms with Gasteiger partial charge in [0.05, 0.1) is 4.90 Å². The lowest BCUT2D eigenvalue weighted by molar-refractivity contribution is 0.221. The average Bonchev–Trinajstić information content (AvgIpc) is 3.15. The molecule has 0 amide bonds. The van der Waals surface area contributed by atoms with Crippen LogP contribution in [0.2, 0.25) is 0 Å². The molecule has 0 atom stereocenters. The molecule has 0 radical (unpaired) electrons. The monoisotopic (exact) mass is 419 g/mol. The molecular formula is C24H25N3O2S. The summed E-state index contributed by atoms with van der Waals surface area (Å²) < 4.78 is 28.0. The Morgan fingerprint density at radius 1 is 0.967 bits per heavy atom. The first-order chi connectivity index (χ1) is 14.6. The lowest BCUT2D eigenvalue weighted by atomic mass is 10.1. The highest BCUT2D eigenvalue weighted by molar-refractivity contribution is 7.95. The molecule has 3 aromatic rings. The van der Waals surface area contributed by atoms with Crippen LogP contribution in [0, 0.1) is 11.3 Å². The lowest BCUT2D eigenvalue weighted by Gasteiger charge is -2.26. The van der Waals surface area contributed by atoms with Crippen LogP contribution < -0.4 is 0 Å². The number of fused-ring (bicyclic) bond motifs is 1. The van der Waals surface area contributed by atoms with Gasteiger partial charge in [0, 0.05) is 35.8 Å². The fraction of sp³-hybridized carbons (Fsp3) is 0.292. The predicted octanol–water partition coefficient (Wildman–Crippen LogP) is 4.47. The van der Waals surface area contributed by atoms with Gasteiger partial charge in [-0.1, -0.05) is 42.8 Å². The molecule has 0 bridgehead atoms. The Morgan fingerprint density at radius 2 is 1.67 bits per heavy atom. The molecule has 2 heterocycles. The highest BCUT2D eigenvalue weighted by Gasteiger charge is 2.21. The van der Waals surface area contributed by atoms with Crippen LogP contribution in [0.15, 0.2) is 70.6 Å². The second-order valence-corrected chi connectivity index (χ2v) is 9.55. The molecule has 1 aliphatic heterocycles. The van der Waals surface area contributed by atoms with E-state index in [0.717, 1.165) is 42.6 Å². The number of nitriles is 1. The van der Waals surface area contributed by atoms with Crippen LogP contribution in [0.1, 0.15) is 24.8 Å². The molecule has 30 heavy (non-hydrogen) atoms. The number of nitrogens with zero attached hydrogens (tertiary/aromatic N) is 3. The fourth-order valence-electron chi connectivity index (χ4n) is 4.05. The van der Waals surface area contributed by atoms with Crippen LogP contribution in [0.5, 0.6) is 0 Å². The van der Waals surface area contributed by atoms with E-state index in [0.29, 0.717) is 0 Å². The highest BCUT2D eigenvalue weighted by Crippen LogP contribution is 2.27. The zero-order chi connectivity index (χ0) is 21.0. The van der Waals surface area contributed by atoms with Gasteiger partial charge in [0.15, 0.2) is 0 Å². The molecular weight excluding hydrogens is 394 g/mol. The molecule has 5 nitrogen and oxygen atoms in total. The maximum absolute atomic E-state index is 12.9. The number of aromatic nitrogens is 1. The molecule has 2 aromatic carbocycles. The summed E-state index contributed by atoms with van der Waals surface area (Å²) in [6.07, 6.45) is 7.28. The van der Waals surface area contributed by atoms with Crippen LogP contribution in [0.3, 0.4) is 0 Å². The van der Waals surface area contributed by atoms with Gasteiger partial charge < -0.3 is 9.47 Å². The summed E-state index contributed by atoms with van der Waals surface area (Å²) in [6.45, 7) is 4.08. The van der Waals surface area contributed by atoms with Gasteiger partial charge in [0.2, 0.25) is 9.84 Å². The number of allylic oxidation sites excluding steroid dienone is 1. The molecule has 1 aliphatic rings. The van der Waals surface area contributed by atoms with Gasteiger partial charge in [-0.15, -0.1) is 0 Å². The normalized spacial score (nSPS) is 15.9. The van der Waals surface area contributed by atoms with E-state index in [4.69, 9.17) is 0 Å². The summed E-state index contributed by atoms with van der Waals surface area (Å²) in [5, 5.41) is 10.6. The van der Waals surface area contributed by atoms with E-state index in [1.165, 1.54) is 37.5 Å². The summed E-state index contributed by atoms with van der Waals surface area (Å²) in [4.78, 5) is 2.37. The standard InChI is InChI=1S/C24H25N3O2S/c25-18-22(30(28,29)21-9-3-1-4-10-21)17-20-19-27(24-12-6-5-11-23(20)24)16-15-26-13-7-2-8-14-26/h1,3-6,9-12,17,19H,2,7-8,13-16H2/b22-17+. The van der Waals surface area contributed by atoms with E-state index < -0.39 is 9.84 Å². The van der Waals surface area contributed by atoms with Crippen molar-refractivity contribution in [2.45, 2.75) is 30.7 Å². The molecule has 6 heteroatoms. The minimum atomic E-state index is -3.86. The topological polar surface area (TPSA) is 66.1 Å². The van der Waals surface area contributed by atoms with Gasteiger partial charge in [0.25, 0.3) is 0 Å². The van der Waals surface area contributed by atoms with Gasteiger partial charge in [-0.3, -0.25) is 0 Å². The Hall–Kier alpha value is -2.88. The number of hydrogen-bond donors (Lipinski definition) is 0. The van der Waals surface area contributed by atoms with Gasteiger partial charge in [-0.25, -0.2) is 8.42 Å². The number of benzene rings is 2. The van der Waals surface area contributed by atoms with Gasteiger partial charge >= 0.3 is 0 Å². The second-order valence-electron chi connectivity index (χ2n) is 7.63. The quantitative estimate of drug-likeness (QED) is 0.553. The summed E-state index contributed by atoms with van der Waals surface area (Å²) in [6, 6.07) is 18.0. The predicted molar refractivity (Wildman–Crippen MR) is 119 cm³/mol. The number of piperidine rings is 1. The number of rotatable bonds is 6. The summed E-state index contributed by atoms with van der Waals surface area (Å²) in [7, 11) is -3.86. The van der Waals surface area contributed by atoms with E-state index in [2.05, 4.69) is 9.47 Å². The SMILES string of the molecule is N#C/C(=C\c1cn(CCN2CCCCC2)c2ccccc12)S(=O)(=O)c1ccccc1. The van der Waals surface area contributed by atoms with Crippen molar-refractivity contribution in [3.05, 3.63) is 71.3 Å². The molecule has 4 rings (SSSR count). The molecule has 0 unspecified atom stereocenters. The Labute approximate surface area is 177 Å². The third-order valence-electron chi connectivity index (χ3n) is 5.67. The Bertz CT molecular complexity index is 1200. The van der Waals surface area contributed by atoms with Gasteiger partial charge in [0.1, 0.15) is 11.0 Å². The first kappa shape index (κ1) is 20.4. The third-order valence-corrected chi connectivity index (χ3v) is 7.35. The minimum absolute atomic E-state index is 0.131. The Balaban J connectivity index is 1.69. The van der Waals surface area contributed by atoms with Crippen LogP contribution in [-0.2, 0) is 16.4 Å². The number of sulfone groups is 1. The van der Waals surface area contributed by atoms with Gasteiger partial charge in [-0.05, 0) is 50.2 Å². The van der Waals surface area contributed by atoms with Crippen LogP contribution in [0.4, 0.5) is 0 Å². The Kier molecular flexibility index (Phi) is 6.03. The highest BCUT2D eigenvalue weighted by atomic mass is 32.2. The van der Waals surface area contributed by atoms with E-state index >= 15 is 0 Å². The molecule has 1 saturated heterocycles. The molecule has 0 spiro atoms. The van der Waals surface area contributed by atoms with E-state index in [9.17, 15) is 13.7 Å². The van der Waals surface area contributed by atoms with Crippen molar-refractivity contribution in [2.24, 2.45) is 0 Å². The Morgan fingerprint density at radius 3 is 2.40 bits per heavy atom. The van der Waals surface area contributed by atoms with E-state index in [-0.39, 0.29) is 9.80 Å². The zero-order valence-electron chi connectivity index (χ0n) is 16.9. The van der Waals surface area contributed by atoms with Crippen molar-refractivity contribution in [2.75, 3.05) is 19.6 Å². The van der Waals surface area contributed by atoms with Crippen molar-refractivity contribution >= 4 is 26.8 Å². The number of hydrogen-bond acceptors (Lipinski definition) is 4. The van der Waals surface area contributed by atoms with Crippen molar-refractivity contribution < 1.29 is 8.42 Å². The third kappa shape index (κ3) is 4.18. The second kappa shape index (κ2) is 8.86. The molecule has 0 aliphatic carbocycles.